The van der Waals surface area contributed by atoms with E-state index in [2.05, 4.69) is 24.1 Å². The van der Waals surface area contributed by atoms with Crippen LogP contribution in [0.15, 0.2) is 0 Å². The van der Waals surface area contributed by atoms with E-state index in [1.54, 1.807) is 0 Å². The highest BCUT2D eigenvalue weighted by molar-refractivity contribution is 5.81. The summed E-state index contributed by atoms with van der Waals surface area (Å²) in [7, 11) is 0. The average molecular weight is 283 g/mol. The molecular weight excluding hydrogens is 250 g/mol. The Morgan fingerprint density at radius 3 is 2.45 bits per heavy atom. The van der Waals surface area contributed by atoms with E-state index >= 15 is 0 Å². The fourth-order valence-corrected chi connectivity index (χ4v) is 2.98. The molecule has 3 N–H and O–H groups in total. The molecule has 20 heavy (non-hydrogen) atoms. The molecule has 1 saturated carbocycles. The van der Waals surface area contributed by atoms with Crippen molar-refractivity contribution in [1.82, 2.24) is 10.2 Å². The van der Waals surface area contributed by atoms with Gasteiger partial charge in [-0.25, -0.2) is 0 Å². The molecule has 1 aliphatic rings. The van der Waals surface area contributed by atoms with E-state index in [9.17, 15) is 4.79 Å². The zero-order valence-electron chi connectivity index (χ0n) is 13.5. The van der Waals surface area contributed by atoms with E-state index in [-0.39, 0.29) is 11.9 Å². The number of carbonyl (C=O) groups excluding carboxylic acids is 1. The third kappa shape index (κ3) is 5.80. The van der Waals surface area contributed by atoms with Crippen molar-refractivity contribution in [3.8, 4) is 0 Å². The van der Waals surface area contributed by atoms with Gasteiger partial charge in [0.15, 0.2) is 0 Å². The number of rotatable bonds is 8. The molecule has 0 spiro atoms. The van der Waals surface area contributed by atoms with Gasteiger partial charge in [0.05, 0.1) is 6.04 Å². The summed E-state index contributed by atoms with van der Waals surface area (Å²) in [5.74, 6) is 0.666. The molecule has 1 fully saturated rings. The van der Waals surface area contributed by atoms with Gasteiger partial charge in [0.2, 0.25) is 5.91 Å². The third-order valence-electron chi connectivity index (χ3n) is 4.23. The van der Waals surface area contributed by atoms with Gasteiger partial charge in [0.25, 0.3) is 0 Å². The van der Waals surface area contributed by atoms with E-state index in [1.165, 1.54) is 32.1 Å². The minimum atomic E-state index is -0.0385. The Balaban J connectivity index is 2.57. The highest BCUT2D eigenvalue weighted by Crippen LogP contribution is 2.24. The first kappa shape index (κ1) is 17.4. The van der Waals surface area contributed by atoms with Crippen LogP contribution in [-0.2, 0) is 4.79 Å². The Morgan fingerprint density at radius 1 is 1.25 bits per heavy atom. The van der Waals surface area contributed by atoms with Crippen LogP contribution in [0.5, 0.6) is 0 Å². The van der Waals surface area contributed by atoms with Gasteiger partial charge in [0.1, 0.15) is 0 Å². The lowest BCUT2D eigenvalue weighted by Crippen LogP contribution is -2.51. The molecule has 0 heterocycles. The maximum absolute atomic E-state index is 12.3. The number of nitrogens with two attached hydrogens (primary N) is 1. The fourth-order valence-electron chi connectivity index (χ4n) is 2.98. The molecule has 1 amide bonds. The standard InChI is InChI=1S/C16H33N3O/c1-13(2)12-18-16(20)14(3)19(11-7-10-17)15-8-5-4-6-9-15/h13-15H,4-12,17H2,1-3H3,(H,18,20). The van der Waals surface area contributed by atoms with Crippen LogP contribution in [0.2, 0.25) is 0 Å². The van der Waals surface area contributed by atoms with Crippen molar-refractivity contribution in [1.29, 1.82) is 0 Å². The summed E-state index contributed by atoms with van der Waals surface area (Å²) in [4.78, 5) is 14.7. The maximum Gasteiger partial charge on any atom is 0.237 e. The second-order valence-corrected chi connectivity index (χ2v) is 6.49. The summed E-state index contributed by atoms with van der Waals surface area (Å²) < 4.78 is 0. The van der Waals surface area contributed by atoms with Crippen LogP contribution < -0.4 is 11.1 Å². The first-order chi connectivity index (χ1) is 9.56. The van der Waals surface area contributed by atoms with Crippen molar-refractivity contribution >= 4 is 5.91 Å². The summed E-state index contributed by atoms with van der Waals surface area (Å²) >= 11 is 0. The van der Waals surface area contributed by atoms with Crippen LogP contribution in [0.25, 0.3) is 0 Å². The zero-order valence-corrected chi connectivity index (χ0v) is 13.5. The lowest BCUT2D eigenvalue weighted by Gasteiger charge is -2.38. The molecule has 4 heteroatoms. The summed E-state index contributed by atoms with van der Waals surface area (Å²) in [6.45, 7) is 8.69. The highest BCUT2D eigenvalue weighted by atomic mass is 16.2. The van der Waals surface area contributed by atoms with Gasteiger partial charge >= 0.3 is 0 Å². The molecule has 0 aliphatic heterocycles. The first-order valence-electron chi connectivity index (χ1n) is 8.29. The Bertz CT molecular complexity index is 275. The highest BCUT2D eigenvalue weighted by Gasteiger charge is 2.28. The lowest BCUT2D eigenvalue weighted by molar-refractivity contribution is -0.127. The first-order valence-corrected chi connectivity index (χ1v) is 8.29. The topological polar surface area (TPSA) is 58.4 Å². The molecular formula is C16H33N3O. The third-order valence-corrected chi connectivity index (χ3v) is 4.23. The normalized spacial score (nSPS) is 18.5. The Morgan fingerprint density at radius 2 is 1.90 bits per heavy atom. The summed E-state index contributed by atoms with van der Waals surface area (Å²) in [6.07, 6.45) is 7.36. The summed E-state index contributed by atoms with van der Waals surface area (Å²) in [6, 6.07) is 0.526. The molecule has 0 radical (unpaired) electrons. The van der Waals surface area contributed by atoms with Gasteiger partial charge in [0, 0.05) is 19.1 Å². The second-order valence-electron chi connectivity index (χ2n) is 6.49. The molecule has 1 unspecified atom stereocenters. The summed E-state index contributed by atoms with van der Waals surface area (Å²) in [5.41, 5.74) is 5.65. The predicted molar refractivity (Wildman–Crippen MR) is 84.6 cm³/mol. The van der Waals surface area contributed by atoms with E-state index in [0.717, 1.165) is 19.5 Å². The number of nitrogens with one attached hydrogen (secondary N) is 1. The predicted octanol–water partition coefficient (Wildman–Crippen LogP) is 2.13. The Hall–Kier alpha value is -0.610. The Kier molecular flexibility index (Phi) is 8.15. The van der Waals surface area contributed by atoms with Crippen LogP contribution in [-0.4, -0.2) is 42.5 Å². The molecule has 0 saturated heterocycles. The van der Waals surface area contributed by atoms with Crippen molar-refractivity contribution in [2.75, 3.05) is 19.6 Å². The molecule has 118 valence electrons. The molecule has 1 rings (SSSR count). The largest absolute Gasteiger partial charge is 0.354 e. The lowest BCUT2D eigenvalue weighted by atomic mass is 9.93. The minimum Gasteiger partial charge on any atom is -0.354 e. The minimum absolute atomic E-state index is 0.0385. The van der Waals surface area contributed by atoms with Crippen LogP contribution in [0.1, 0.15) is 59.3 Å². The maximum atomic E-state index is 12.3. The summed E-state index contributed by atoms with van der Waals surface area (Å²) in [5, 5.41) is 3.07. The average Bonchev–Trinajstić information content (AvgIpc) is 2.46. The van der Waals surface area contributed by atoms with Crippen LogP contribution in [0.3, 0.4) is 0 Å². The van der Waals surface area contributed by atoms with Crippen molar-refractivity contribution in [2.45, 2.75) is 71.4 Å². The van der Waals surface area contributed by atoms with Crippen molar-refractivity contribution in [2.24, 2.45) is 11.7 Å². The molecule has 1 aliphatic carbocycles. The zero-order chi connectivity index (χ0) is 15.0. The van der Waals surface area contributed by atoms with Gasteiger partial charge in [-0.05, 0) is 38.6 Å². The van der Waals surface area contributed by atoms with Gasteiger partial charge in [-0.1, -0.05) is 33.1 Å². The van der Waals surface area contributed by atoms with Gasteiger partial charge in [-0.15, -0.1) is 0 Å². The van der Waals surface area contributed by atoms with Gasteiger partial charge in [-0.3, -0.25) is 9.69 Å². The van der Waals surface area contributed by atoms with Crippen LogP contribution in [0, 0.1) is 5.92 Å². The Labute approximate surface area is 124 Å². The van der Waals surface area contributed by atoms with Crippen LogP contribution in [0.4, 0.5) is 0 Å². The molecule has 0 aromatic rings. The quantitative estimate of drug-likeness (QED) is 0.717. The van der Waals surface area contributed by atoms with E-state index in [1.807, 2.05) is 6.92 Å². The van der Waals surface area contributed by atoms with E-state index < -0.39 is 0 Å². The number of nitrogens with zero attached hydrogens (tertiary/aromatic N) is 1. The SMILES string of the molecule is CC(C)CNC(=O)C(C)N(CCCN)C1CCCCC1. The number of carbonyl (C=O) groups is 1. The fraction of sp³-hybridized carbons (Fsp3) is 0.938. The van der Waals surface area contributed by atoms with E-state index in [4.69, 9.17) is 5.73 Å². The van der Waals surface area contributed by atoms with E-state index in [0.29, 0.717) is 18.5 Å². The molecule has 0 aromatic carbocycles. The number of hydrogen-bond donors (Lipinski definition) is 2. The molecule has 0 aromatic heterocycles. The van der Waals surface area contributed by atoms with Crippen molar-refractivity contribution in [3.63, 3.8) is 0 Å². The van der Waals surface area contributed by atoms with Crippen molar-refractivity contribution in [3.05, 3.63) is 0 Å². The molecule has 1 atom stereocenters. The monoisotopic (exact) mass is 283 g/mol. The van der Waals surface area contributed by atoms with Gasteiger partial charge < -0.3 is 11.1 Å². The number of hydrogen-bond acceptors (Lipinski definition) is 3. The second kappa shape index (κ2) is 9.35. The van der Waals surface area contributed by atoms with Crippen molar-refractivity contribution < 1.29 is 4.79 Å². The smallest absolute Gasteiger partial charge is 0.237 e. The molecule has 0 bridgehead atoms. The number of amides is 1. The molecule has 4 nitrogen and oxygen atoms in total. The van der Waals surface area contributed by atoms with Gasteiger partial charge in [-0.2, -0.15) is 0 Å². The van der Waals surface area contributed by atoms with Crippen LogP contribution >= 0.6 is 0 Å².